The molecule has 0 unspecified atom stereocenters. The molecule has 2 amide bonds. The van der Waals surface area contributed by atoms with Gasteiger partial charge in [-0.1, -0.05) is 25.0 Å². The van der Waals surface area contributed by atoms with Gasteiger partial charge in [-0.25, -0.2) is 0 Å². The Bertz CT molecular complexity index is 571. The molecule has 0 atom stereocenters. The molecule has 130 valence electrons. The molecule has 2 fully saturated rings. The van der Waals surface area contributed by atoms with E-state index in [9.17, 15) is 9.59 Å². The van der Waals surface area contributed by atoms with Gasteiger partial charge in [0.05, 0.1) is 0 Å². The number of nitrogens with one attached hydrogen (secondary N) is 1. The molecule has 5 heteroatoms. The maximum atomic E-state index is 12.6. The van der Waals surface area contributed by atoms with Gasteiger partial charge in [0, 0.05) is 51.3 Å². The summed E-state index contributed by atoms with van der Waals surface area (Å²) in [6, 6.07) is 8.30. The summed E-state index contributed by atoms with van der Waals surface area (Å²) in [5.41, 5.74) is 1.74. The summed E-state index contributed by atoms with van der Waals surface area (Å²) in [6.45, 7) is 5.65. The van der Waals surface area contributed by atoms with Crippen LogP contribution >= 0.6 is 0 Å². The van der Waals surface area contributed by atoms with Crippen LogP contribution in [0.4, 0.5) is 0 Å². The van der Waals surface area contributed by atoms with Gasteiger partial charge in [-0.05, 0) is 30.5 Å². The van der Waals surface area contributed by atoms with Crippen LogP contribution in [0.1, 0.15) is 48.5 Å². The van der Waals surface area contributed by atoms with E-state index in [4.69, 9.17) is 0 Å². The Morgan fingerprint density at radius 2 is 1.67 bits per heavy atom. The van der Waals surface area contributed by atoms with Gasteiger partial charge < -0.3 is 10.2 Å². The van der Waals surface area contributed by atoms with Crippen LogP contribution in [-0.2, 0) is 11.3 Å². The van der Waals surface area contributed by atoms with E-state index in [0.29, 0.717) is 6.54 Å². The van der Waals surface area contributed by atoms with Crippen LogP contribution in [0.15, 0.2) is 24.3 Å². The zero-order valence-electron chi connectivity index (χ0n) is 14.5. The number of hydrogen-bond acceptors (Lipinski definition) is 3. The van der Waals surface area contributed by atoms with Gasteiger partial charge in [0.15, 0.2) is 0 Å². The number of rotatable bonds is 4. The Morgan fingerprint density at radius 3 is 2.25 bits per heavy atom. The molecule has 1 saturated heterocycles. The van der Waals surface area contributed by atoms with E-state index < -0.39 is 0 Å². The molecule has 1 aromatic rings. The third-order valence-corrected chi connectivity index (χ3v) is 5.18. The fourth-order valence-electron chi connectivity index (χ4n) is 3.73. The molecular formula is C19H27N3O2. The zero-order chi connectivity index (χ0) is 16.9. The van der Waals surface area contributed by atoms with Gasteiger partial charge in [0.2, 0.25) is 5.91 Å². The molecule has 0 bridgehead atoms. The number of benzene rings is 1. The number of carbonyl (C=O) groups is 2. The highest BCUT2D eigenvalue weighted by Crippen LogP contribution is 2.24. The third-order valence-electron chi connectivity index (χ3n) is 5.18. The van der Waals surface area contributed by atoms with Gasteiger partial charge in [-0.15, -0.1) is 0 Å². The van der Waals surface area contributed by atoms with Crippen molar-refractivity contribution in [2.45, 2.75) is 45.2 Å². The predicted octanol–water partition coefficient (Wildman–Crippen LogP) is 2.02. The molecule has 2 aliphatic rings. The SMILES string of the molecule is CC(=O)NCc1ccc(C(=O)N2CCN(C3CCCC3)CC2)cc1. The molecule has 1 heterocycles. The monoisotopic (exact) mass is 329 g/mol. The average Bonchev–Trinajstić information content (AvgIpc) is 3.14. The van der Waals surface area contributed by atoms with E-state index in [1.165, 1.54) is 32.6 Å². The molecule has 24 heavy (non-hydrogen) atoms. The topological polar surface area (TPSA) is 52.7 Å². The average molecular weight is 329 g/mol. The largest absolute Gasteiger partial charge is 0.352 e. The van der Waals surface area contributed by atoms with Gasteiger partial charge in [0.1, 0.15) is 0 Å². The molecule has 1 aromatic carbocycles. The minimum Gasteiger partial charge on any atom is -0.352 e. The van der Waals surface area contributed by atoms with Crippen molar-refractivity contribution in [3.63, 3.8) is 0 Å². The van der Waals surface area contributed by atoms with E-state index in [0.717, 1.165) is 43.3 Å². The second kappa shape index (κ2) is 7.79. The molecular weight excluding hydrogens is 302 g/mol. The molecule has 0 spiro atoms. The minimum atomic E-state index is -0.0460. The van der Waals surface area contributed by atoms with Crippen molar-refractivity contribution in [3.8, 4) is 0 Å². The van der Waals surface area contributed by atoms with E-state index in [-0.39, 0.29) is 11.8 Å². The maximum Gasteiger partial charge on any atom is 0.253 e. The highest BCUT2D eigenvalue weighted by molar-refractivity contribution is 5.94. The zero-order valence-corrected chi connectivity index (χ0v) is 14.5. The van der Waals surface area contributed by atoms with Gasteiger partial charge in [-0.2, -0.15) is 0 Å². The van der Waals surface area contributed by atoms with Crippen LogP contribution in [0.2, 0.25) is 0 Å². The lowest BCUT2D eigenvalue weighted by atomic mass is 10.1. The summed E-state index contributed by atoms with van der Waals surface area (Å²) in [5.74, 6) is 0.0717. The Kier molecular flexibility index (Phi) is 5.51. The lowest BCUT2D eigenvalue weighted by Crippen LogP contribution is -2.51. The normalized spacial score (nSPS) is 19.5. The van der Waals surface area contributed by atoms with E-state index >= 15 is 0 Å². The van der Waals surface area contributed by atoms with Gasteiger partial charge >= 0.3 is 0 Å². The van der Waals surface area contributed by atoms with Crippen LogP contribution in [0.5, 0.6) is 0 Å². The molecule has 5 nitrogen and oxygen atoms in total. The standard InChI is InChI=1S/C19H27N3O2/c1-15(23)20-14-16-6-8-17(9-7-16)19(24)22-12-10-21(11-13-22)18-4-2-3-5-18/h6-9,18H,2-5,10-14H2,1H3,(H,20,23). The fourth-order valence-corrected chi connectivity index (χ4v) is 3.73. The van der Waals surface area contributed by atoms with Crippen LogP contribution in [0.25, 0.3) is 0 Å². The van der Waals surface area contributed by atoms with E-state index in [1.807, 2.05) is 29.2 Å². The van der Waals surface area contributed by atoms with Crippen molar-refractivity contribution >= 4 is 11.8 Å². The molecule has 1 aliphatic carbocycles. The van der Waals surface area contributed by atoms with E-state index in [2.05, 4.69) is 10.2 Å². The highest BCUT2D eigenvalue weighted by atomic mass is 16.2. The Balaban J connectivity index is 1.52. The minimum absolute atomic E-state index is 0.0460. The number of carbonyl (C=O) groups excluding carboxylic acids is 2. The summed E-state index contributed by atoms with van der Waals surface area (Å²) >= 11 is 0. The van der Waals surface area contributed by atoms with Crippen LogP contribution in [-0.4, -0.2) is 53.8 Å². The van der Waals surface area contributed by atoms with Gasteiger partial charge in [-0.3, -0.25) is 14.5 Å². The molecule has 3 rings (SSSR count). The van der Waals surface area contributed by atoms with Gasteiger partial charge in [0.25, 0.3) is 5.91 Å². The maximum absolute atomic E-state index is 12.6. The second-order valence-electron chi connectivity index (χ2n) is 6.87. The quantitative estimate of drug-likeness (QED) is 0.919. The van der Waals surface area contributed by atoms with Crippen molar-refractivity contribution in [1.29, 1.82) is 0 Å². The molecule has 0 aromatic heterocycles. The molecule has 1 aliphatic heterocycles. The number of hydrogen-bond donors (Lipinski definition) is 1. The first-order valence-electron chi connectivity index (χ1n) is 9.00. The summed E-state index contributed by atoms with van der Waals surface area (Å²) in [7, 11) is 0. The summed E-state index contributed by atoms with van der Waals surface area (Å²) in [4.78, 5) is 28.1. The van der Waals surface area contributed by atoms with Crippen LogP contribution in [0, 0.1) is 0 Å². The Hall–Kier alpha value is -1.88. The lowest BCUT2D eigenvalue weighted by molar-refractivity contribution is -0.119. The van der Waals surface area contributed by atoms with Crippen molar-refractivity contribution in [2.24, 2.45) is 0 Å². The first-order chi connectivity index (χ1) is 11.6. The third kappa shape index (κ3) is 4.15. The number of nitrogens with zero attached hydrogens (tertiary/aromatic N) is 2. The predicted molar refractivity (Wildman–Crippen MR) is 93.7 cm³/mol. The van der Waals surface area contributed by atoms with Crippen molar-refractivity contribution in [1.82, 2.24) is 15.1 Å². The second-order valence-corrected chi connectivity index (χ2v) is 6.87. The highest BCUT2D eigenvalue weighted by Gasteiger charge is 2.28. The summed E-state index contributed by atoms with van der Waals surface area (Å²) < 4.78 is 0. The van der Waals surface area contributed by atoms with Crippen molar-refractivity contribution in [3.05, 3.63) is 35.4 Å². The summed E-state index contributed by atoms with van der Waals surface area (Å²) in [5, 5.41) is 2.77. The van der Waals surface area contributed by atoms with Crippen LogP contribution < -0.4 is 5.32 Å². The molecule has 1 saturated carbocycles. The van der Waals surface area contributed by atoms with E-state index in [1.54, 1.807) is 0 Å². The Labute approximate surface area is 144 Å². The molecule has 1 N–H and O–H groups in total. The number of piperazine rings is 1. The molecule has 0 radical (unpaired) electrons. The van der Waals surface area contributed by atoms with Crippen molar-refractivity contribution < 1.29 is 9.59 Å². The summed E-state index contributed by atoms with van der Waals surface area (Å²) in [6.07, 6.45) is 5.36. The first kappa shape index (κ1) is 17.0. The Morgan fingerprint density at radius 1 is 1.04 bits per heavy atom. The van der Waals surface area contributed by atoms with Crippen LogP contribution in [0.3, 0.4) is 0 Å². The lowest BCUT2D eigenvalue weighted by Gasteiger charge is -2.38. The number of amides is 2. The fraction of sp³-hybridized carbons (Fsp3) is 0.579. The van der Waals surface area contributed by atoms with Crippen molar-refractivity contribution in [2.75, 3.05) is 26.2 Å². The smallest absolute Gasteiger partial charge is 0.253 e. The first-order valence-corrected chi connectivity index (χ1v) is 9.00.